The van der Waals surface area contributed by atoms with Crippen molar-refractivity contribution in [3.8, 4) is 5.75 Å². The molecule has 0 saturated carbocycles. The number of nitrogens with one attached hydrogen (secondary N) is 2. The van der Waals surface area contributed by atoms with Crippen LogP contribution in [-0.2, 0) is 10.0 Å². The average Bonchev–Trinajstić information content (AvgIpc) is 2.57. The SMILES string of the molecule is CCCCS(=O)(=O)Nc1ccc(Nc2ccc(OCC)cc2)cc1. The maximum Gasteiger partial charge on any atom is 0.232 e. The second-order valence-electron chi connectivity index (χ2n) is 5.43. The molecule has 2 aromatic rings. The van der Waals surface area contributed by atoms with Gasteiger partial charge in [0.1, 0.15) is 5.75 Å². The van der Waals surface area contributed by atoms with Crippen LogP contribution >= 0.6 is 0 Å². The van der Waals surface area contributed by atoms with Crippen molar-refractivity contribution in [2.75, 3.05) is 22.4 Å². The zero-order valence-corrected chi connectivity index (χ0v) is 14.9. The maximum atomic E-state index is 11.9. The fourth-order valence-corrected chi connectivity index (χ4v) is 3.42. The molecule has 0 aliphatic rings. The summed E-state index contributed by atoms with van der Waals surface area (Å²) in [5.41, 5.74) is 2.40. The van der Waals surface area contributed by atoms with E-state index in [0.717, 1.165) is 23.5 Å². The predicted molar refractivity (Wildman–Crippen MR) is 99.7 cm³/mol. The quantitative estimate of drug-likeness (QED) is 0.706. The molecule has 2 aromatic carbocycles. The molecule has 2 rings (SSSR count). The first-order valence-corrected chi connectivity index (χ1v) is 9.78. The lowest BCUT2D eigenvalue weighted by molar-refractivity contribution is 0.340. The third-order valence-corrected chi connectivity index (χ3v) is 4.75. The van der Waals surface area contributed by atoms with Crippen molar-refractivity contribution in [2.45, 2.75) is 26.7 Å². The first-order valence-electron chi connectivity index (χ1n) is 8.13. The van der Waals surface area contributed by atoms with Gasteiger partial charge in [-0.2, -0.15) is 0 Å². The fourth-order valence-electron chi connectivity index (χ4n) is 2.15. The summed E-state index contributed by atoms with van der Waals surface area (Å²) in [7, 11) is -3.26. The highest BCUT2D eigenvalue weighted by Crippen LogP contribution is 2.22. The van der Waals surface area contributed by atoms with Gasteiger partial charge in [-0.05, 0) is 61.9 Å². The van der Waals surface area contributed by atoms with Gasteiger partial charge in [0.25, 0.3) is 0 Å². The summed E-state index contributed by atoms with van der Waals surface area (Å²) in [6.45, 7) is 4.56. The van der Waals surface area contributed by atoms with E-state index >= 15 is 0 Å². The molecule has 5 nitrogen and oxygen atoms in total. The van der Waals surface area contributed by atoms with Gasteiger partial charge in [-0.3, -0.25) is 4.72 Å². The van der Waals surface area contributed by atoms with Gasteiger partial charge < -0.3 is 10.1 Å². The molecule has 0 spiro atoms. The number of ether oxygens (including phenoxy) is 1. The molecule has 0 unspecified atom stereocenters. The van der Waals surface area contributed by atoms with Gasteiger partial charge in [-0.15, -0.1) is 0 Å². The highest BCUT2D eigenvalue weighted by atomic mass is 32.2. The summed E-state index contributed by atoms with van der Waals surface area (Å²) in [6.07, 6.45) is 1.51. The Balaban J connectivity index is 1.96. The molecule has 0 radical (unpaired) electrons. The summed E-state index contributed by atoms with van der Waals surface area (Å²) in [6, 6.07) is 14.9. The van der Waals surface area contributed by atoms with Crippen LogP contribution in [0.3, 0.4) is 0 Å². The minimum Gasteiger partial charge on any atom is -0.494 e. The van der Waals surface area contributed by atoms with E-state index < -0.39 is 10.0 Å². The summed E-state index contributed by atoms with van der Waals surface area (Å²) >= 11 is 0. The number of benzene rings is 2. The van der Waals surface area contributed by atoms with E-state index in [4.69, 9.17) is 4.74 Å². The fraction of sp³-hybridized carbons (Fsp3) is 0.333. The Bertz CT molecular complexity index is 726. The summed E-state index contributed by atoms with van der Waals surface area (Å²) in [5, 5.41) is 3.26. The van der Waals surface area contributed by atoms with Crippen molar-refractivity contribution in [3.63, 3.8) is 0 Å². The second kappa shape index (κ2) is 8.59. The van der Waals surface area contributed by atoms with Gasteiger partial charge in [-0.1, -0.05) is 13.3 Å². The van der Waals surface area contributed by atoms with Crippen molar-refractivity contribution in [1.29, 1.82) is 0 Å². The van der Waals surface area contributed by atoms with Gasteiger partial charge >= 0.3 is 0 Å². The summed E-state index contributed by atoms with van der Waals surface area (Å²) in [5.74, 6) is 0.982. The normalized spacial score (nSPS) is 11.1. The van der Waals surface area contributed by atoms with Crippen molar-refractivity contribution in [1.82, 2.24) is 0 Å². The number of hydrogen-bond donors (Lipinski definition) is 2. The lowest BCUT2D eigenvalue weighted by Crippen LogP contribution is -2.16. The average molecular weight is 348 g/mol. The third-order valence-electron chi connectivity index (χ3n) is 3.38. The number of rotatable bonds is 9. The van der Waals surface area contributed by atoms with Gasteiger partial charge in [0.05, 0.1) is 12.4 Å². The standard InChI is InChI=1S/C18H24N2O3S/c1-3-5-14-24(21,22)20-17-8-6-15(7-9-17)19-16-10-12-18(13-11-16)23-4-2/h6-13,19-20H,3-5,14H2,1-2H3. The summed E-state index contributed by atoms with van der Waals surface area (Å²) < 4.78 is 31.8. The zero-order chi connectivity index (χ0) is 17.4. The van der Waals surface area contributed by atoms with Gasteiger partial charge in [0, 0.05) is 17.1 Å². The van der Waals surface area contributed by atoms with Crippen LogP contribution in [-0.4, -0.2) is 20.8 Å². The highest BCUT2D eigenvalue weighted by molar-refractivity contribution is 7.92. The summed E-state index contributed by atoms with van der Waals surface area (Å²) in [4.78, 5) is 0. The minimum absolute atomic E-state index is 0.148. The number of hydrogen-bond acceptors (Lipinski definition) is 4. The number of anilines is 3. The first kappa shape index (κ1) is 18.1. The van der Waals surface area contributed by atoms with Crippen molar-refractivity contribution >= 4 is 27.1 Å². The van der Waals surface area contributed by atoms with Crippen LogP contribution in [0.15, 0.2) is 48.5 Å². The monoisotopic (exact) mass is 348 g/mol. The molecule has 2 N–H and O–H groups in total. The molecule has 0 heterocycles. The predicted octanol–water partition coefficient (Wildman–Crippen LogP) is 4.37. The maximum absolute atomic E-state index is 11.9. The Morgan fingerprint density at radius 2 is 1.42 bits per heavy atom. The zero-order valence-electron chi connectivity index (χ0n) is 14.1. The van der Waals surface area contributed by atoms with E-state index in [1.54, 1.807) is 12.1 Å². The molecule has 0 fully saturated rings. The van der Waals surface area contributed by atoms with E-state index in [2.05, 4.69) is 10.0 Å². The minimum atomic E-state index is -3.26. The Kier molecular flexibility index (Phi) is 6.49. The molecular weight excluding hydrogens is 324 g/mol. The molecule has 0 aliphatic carbocycles. The van der Waals surface area contributed by atoms with Crippen LogP contribution < -0.4 is 14.8 Å². The molecule has 6 heteroatoms. The van der Waals surface area contributed by atoms with Crippen LogP contribution in [0, 0.1) is 0 Å². The van der Waals surface area contributed by atoms with Crippen LogP contribution in [0.25, 0.3) is 0 Å². The Morgan fingerprint density at radius 3 is 1.96 bits per heavy atom. The van der Waals surface area contributed by atoms with Gasteiger partial charge in [0.2, 0.25) is 10.0 Å². The van der Waals surface area contributed by atoms with Crippen LogP contribution in [0.5, 0.6) is 5.75 Å². The lowest BCUT2D eigenvalue weighted by atomic mass is 10.2. The first-order chi connectivity index (χ1) is 11.5. The van der Waals surface area contributed by atoms with Crippen LogP contribution in [0.4, 0.5) is 17.1 Å². The Hall–Kier alpha value is -2.21. The molecule has 0 bridgehead atoms. The number of unbranched alkanes of at least 4 members (excludes halogenated alkanes) is 1. The molecule has 0 atom stereocenters. The van der Waals surface area contributed by atoms with E-state index in [9.17, 15) is 8.42 Å². The molecule has 24 heavy (non-hydrogen) atoms. The van der Waals surface area contributed by atoms with E-state index in [1.165, 1.54) is 0 Å². The van der Waals surface area contributed by atoms with Crippen molar-refractivity contribution < 1.29 is 13.2 Å². The molecular formula is C18H24N2O3S. The van der Waals surface area contributed by atoms with E-state index in [0.29, 0.717) is 18.7 Å². The Labute approximate surface area is 144 Å². The molecule has 0 aromatic heterocycles. The van der Waals surface area contributed by atoms with E-state index in [-0.39, 0.29) is 5.75 Å². The van der Waals surface area contributed by atoms with Gasteiger partial charge in [-0.25, -0.2) is 8.42 Å². The second-order valence-corrected chi connectivity index (χ2v) is 7.28. The van der Waals surface area contributed by atoms with E-state index in [1.807, 2.05) is 50.2 Å². The molecule has 130 valence electrons. The topological polar surface area (TPSA) is 67.4 Å². The smallest absolute Gasteiger partial charge is 0.232 e. The van der Waals surface area contributed by atoms with Crippen LogP contribution in [0.1, 0.15) is 26.7 Å². The molecule has 0 aliphatic heterocycles. The largest absolute Gasteiger partial charge is 0.494 e. The van der Waals surface area contributed by atoms with Crippen molar-refractivity contribution in [3.05, 3.63) is 48.5 Å². The Morgan fingerprint density at radius 1 is 0.875 bits per heavy atom. The van der Waals surface area contributed by atoms with Crippen molar-refractivity contribution in [2.24, 2.45) is 0 Å². The van der Waals surface area contributed by atoms with Gasteiger partial charge in [0.15, 0.2) is 0 Å². The highest BCUT2D eigenvalue weighted by Gasteiger charge is 2.09. The third kappa shape index (κ3) is 5.77. The lowest BCUT2D eigenvalue weighted by Gasteiger charge is -2.10. The van der Waals surface area contributed by atoms with Crippen LogP contribution in [0.2, 0.25) is 0 Å². The molecule has 0 amide bonds. The molecule has 0 saturated heterocycles. The number of sulfonamides is 1.